The molecular weight excluding hydrogens is 322 g/mol. The largest absolute Gasteiger partial charge is 0.493 e. The van der Waals surface area contributed by atoms with Crippen molar-refractivity contribution in [2.45, 2.75) is 18.9 Å². The maximum atomic E-state index is 12.6. The minimum atomic E-state index is -0.345. The van der Waals surface area contributed by atoms with Crippen LogP contribution < -0.4 is 15.2 Å². The Bertz CT molecular complexity index is 631. The number of hydrogen-bond acceptors (Lipinski definition) is 5. The van der Waals surface area contributed by atoms with Crippen molar-refractivity contribution in [3.63, 3.8) is 0 Å². The van der Waals surface area contributed by atoms with Gasteiger partial charge in [0.1, 0.15) is 6.10 Å². The third-order valence-corrected chi connectivity index (χ3v) is 4.76. The fourth-order valence-electron chi connectivity index (χ4n) is 3.47. The molecule has 2 amide bonds. The summed E-state index contributed by atoms with van der Waals surface area (Å²) < 4.78 is 11.2. The van der Waals surface area contributed by atoms with E-state index < -0.39 is 0 Å². The number of likely N-dealkylation sites (tertiary alicyclic amines) is 2. The van der Waals surface area contributed by atoms with Crippen LogP contribution in [0.1, 0.15) is 12.8 Å². The minimum absolute atomic E-state index is 0.00874. The zero-order valence-corrected chi connectivity index (χ0v) is 14.5. The highest BCUT2D eigenvalue weighted by Crippen LogP contribution is 2.29. The Balaban J connectivity index is 1.48. The maximum Gasteiger partial charge on any atom is 0.231 e. The first-order valence-corrected chi connectivity index (χ1v) is 8.66. The lowest BCUT2D eigenvalue weighted by Gasteiger charge is -2.42. The molecule has 2 fully saturated rings. The van der Waals surface area contributed by atoms with Gasteiger partial charge in [-0.1, -0.05) is 12.1 Å². The first-order chi connectivity index (χ1) is 12.1. The molecule has 0 bridgehead atoms. The lowest BCUT2D eigenvalue weighted by atomic mass is 9.95. The van der Waals surface area contributed by atoms with Crippen LogP contribution in [0.3, 0.4) is 0 Å². The van der Waals surface area contributed by atoms with E-state index in [1.807, 2.05) is 34.1 Å². The zero-order valence-electron chi connectivity index (χ0n) is 14.5. The van der Waals surface area contributed by atoms with Gasteiger partial charge in [0, 0.05) is 6.54 Å². The predicted molar refractivity (Wildman–Crippen MR) is 92.3 cm³/mol. The van der Waals surface area contributed by atoms with Crippen molar-refractivity contribution in [1.29, 1.82) is 0 Å². The third-order valence-electron chi connectivity index (χ3n) is 4.76. The summed E-state index contributed by atoms with van der Waals surface area (Å²) in [7, 11) is 1.61. The highest BCUT2D eigenvalue weighted by molar-refractivity contribution is 5.80. The molecule has 2 saturated heterocycles. The van der Waals surface area contributed by atoms with Gasteiger partial charge in [-0.3, -0.25) is 14.5 Å². The zero-order chi connectivity index (χ0) is 17.8. The van der Waals surface area contributed by atoms with Gasteiger partial charge >= 0.3 is 0 Å². The Morgan fingerprint density at radius 1 is 1.20 bits per heavy atom. The first-order valence-electron chi connectivity index (χ1n) is 8.66. The molecule has 0 spiro atoms. The summed E-state index contributed by atoms with van der Waals surface area (Å²) in [6, 6.07) is 7.51. The molecule has 3 rings (SSSR count). The van der Waals surface area contributed by atoms with Gasteiger partial charge in [-0.2, -0.15) is 0 Å². The van der Waals surface area contributed by atoms with Gasteiger partial charge in [-0.25, -0.2) is 0 Å². The van der Waals surface area contributed by atoms with Crippen molar-refractivity contribution in [2.75, 3.05) is 39.8 Å². The monoisotopic (exact) mass is 347 g/mol. The van der Waals surface area contributed by atoms with E-state index in [0.29, 0.717) is 31.1 Å². The van der Waals surface area contributed by atoms with Crippen molar-refractivity contribution in [3.05, 3.63) is 24.3 Å². The molecule has 0 saturated carbocycles. The topological polar surface area (TPSA) is 85.1 Å². The predicted octanol–water partition coefficient (Wildman–Crippen LogP) is 0.482. The molecule has 7 heteroatoms. The lowest BCUT2D eigenvalue weighted by molar-refractivity contribution is -0.146. The molecule has 136 valence electrons. The van der Waals surface area contributed by atoms with Crippen LogP contribution in [0.2, 0.25) is 0 Å². The Morgan fingerprint density at radius 3 is 2.60 bits per heavy atom. The summed E-state index contributed by atoms with van der Waals surface area (Å²) in [4.78, 5) is 27.5. The molecule has 7 nitrogen and oxygen atoms in total. The normalized spacial score (nSPS) is 21.5. The first kappa shape index (κ1) is 17.5. The molecule has 1 unspecified atom stereocenters. The molecule has 2 aliphatic rings. The van der Waals surface area contributed by atoms with Crippen molar-refractivity contribution in [1.82, 2.24) is 9.80 Å². The molecule has 2 heterocycles. The Labute approximate surface area is 147 Å². The maximum absolute atomic E-state index is 12.6. The molecule has 2 aliphatic heterocycles. The molecule has 0 aliphatic carbocycles. The molecule has 2 N–H and O–H groups in total. The fraction of sp³-hybridized carbons (Fsp3) is 0.556. The van der Waals surface area contributed by atoms with E-state index in [1.54, 1.807) is 7.11 Å². The number of nitrogens with zero attached hydrogens (tertiary/aromatic N) is 2. The Kier molecular flexibility index (Phi) is 5.43. The van der Waals surface area contributed by atoms with Crippen LogP contribution in [0.25, 0.3) is 0 Å². The van der Waals surface area contributed by atoms with Crippen molar-refractivity contribution in [3.8, 4) is 11.5 Å². The van der Waals surface area contributed by atoms with E-state index in [9.17, 15) is 9.59 Å². The van der Waals surface area contributed by atoms with E-state index in [4.69, 9.17) is 15.2 Å². The molecule has 1 aromatic rings. The number of carbonyl (C=O) groups excluding carboxylic acids is 2. The number of nitrogens with two attached hydrogens (primary N) is 1. The number of para-hydroxylation sites is 2. The van der Waals surface area contributed by atoms with Gasteiger partial charge in [0.25, 0.3) is 0 Å². The van der Waals surface area contributed by atoms with Gasteiger partial charge in [-0.05, 0) is 31.5 Å². The van der Waals surface area contributed by atoms with Gasteiger partial charge in [0.05, 0.1) is 32.7 Å². The van der Waals surface area contributed by atoms with E-state index in [2.05, 4.69) is 0 Å². The standard InChI is InChI=1S/C18H25N3O4/c1-24-15-6-2-3-7-16(15)25-14-10-21(11-14)18(23)13-5-4-8-20(9-13)12-17(19)22/h2-3,6-7,13-14H,4-5,8-12H2,1H3,(H2,19,22). The van der Waals surface area contributed by atoms with Crippen LogP contribution >= 0.6 is 0 Å². The van der Waals surface area contributed by atoms with Gasteiger partial charge in [-0.15, -0.1) is 0 Å². The van der Waals surface area contributed by atoms with E-state index >= 15 is 0 Å². The quantitative estimate of drug-likeness (QED) is 0.809. The molecule has 1 aromatic carbocycles. The summed E-state index contributed by atoms with van der Waals surface area (Å²) in [5, 5.41) is 0. The van der Waals surface area contributed by atoms with Crippen molar-refractivity contribution in [2.24, 2.45) is 11.7 Å². The van der Waals surface area contributed by atoms with Crippen LogP contribution in [0.4, 0.5) is 0 Å². The van der Waals surface area contributed by atoms with Crippen LogP contribution in [-0.2, 0) is 9.59 Å². The third kappa shape index (κ3) is 4.22. The average Bonchev–Trinajstić information content (AvgIpc) is 2.57. The number of carbonyl (C=O) groups is 2. The van der Waals surface area contributed by atoms with Gasteiger partial charge in [0.15, 0.2) is 11.5 Å². The number of benzene rings is 1. The van der Waals surface area contributed by atoms with Crippen LogP contribution in [-0.4, -0.2) is 67.6 Å². The number of ether oxygens (including phenoxy) is 2. The molecular formula is C18H25N3O4. The number of amides is 2. The number of rotatable bonds is 6. The smallest absolute Gasteiger partial charge is 0.231 e. The van der Waals surface area contributed by atoms with Crippen LogP contribution in [0.5, 0.6) is 11.5 Å². The second-order valence-corrected chi connectivity index (χ2v) is 6.67. The Hall–Kier alpha value is -2.28. The summed E-state index contributed by atoms with van der Waals surface area (Å²) >= 11 is 0. The number of methoxy groups -OCH3 is 1. The highest BCUT2D eigenvalue weighted by Gasteiger charge is 2.37. The van der Waals surface area contributed by atoms with Gasteiger partial charge in [0.2, 0.25) is 11.8 Å². The van der Waals surface area contributed by atoms with E-state index in [-0.39, 0.29) is 30.4 Å². The average molecular weight is 347 g/mol. The second kappa shape index (κ2) is 7.74. The highest BCUT2D eigenvalue weighted by atomic mass is 16.5. The molecule has 1 atom stereocenters. The van der Waals surface area contributed by atoms with Crippen molar-refractivity contribution < 1.29 is 19.1 Å². The summed E-state index contributed by atoms with van der Waals surface area (Å²) in [5.74, 6) is 1.14. The summed E-state index contributed by atoms with van der Waals surface area (Å²) in [5.41, 5.74) is 5.25. The van der Waals surface area contributed by atoms with Gasteiger partial charge < -0.3 is 20.1 Å². The lowest BCUT2D eigenvalue weighted by Crippen LogP contribution is -2.59. The molecule has 25 heavy (non-hydrogen) atoms. The van der Waals surface area contributed by atoms with E-state index in [1.165, 1.54) is 0 Å². The molecule has 0 radical (unpaired) electrons. The second-order valence-electron chi connectivity index (χ2n) is 6.67. The van der Waals surface area contributed by atoms with Crippen LogP contribution in [0, 0.1) is 5.92 Å². The summed E-state index contributed by atoms with van der Waals surface area (Å²) in [6.07, 6.45) is 1.77. The SMILES string of the molecule is COc1ccccc1OC1CN(C(=O)C2CCCN(CC(N)=O)C2)C1. The molecule has 0 aromatic heterocycles. The number of hydrogen-bond donors (Lipinski definition) is 1. The van der Waals surface area contributed by atoms with E-state index in [0.717, 1.165) is 19.4 Å². The van der Waals surface area contributed by atoms with Crippen molar-refractivity contribution >= 4 is 11.8 Å². The summed E-state index contributed by atoms with van der Waals surface area (Å²) in [6.45, 7) is 2.83. The number of piperidine rings is 1. The fourth-order valence-corrected chi connectivity index (χ4v) is 3.47. The minimum Gasteiger partial charge on any atom is -0.493 e. The van der Waals surface area contributed by atoms with Crippen LogP contribution in [0.15, 0.2) is 24.3 Å². The number of primary amides is 1. The Morgan fingerprint density at radius 2 is 1.92 bits per heavy atom.